The van der Waals surface area contributed by atoms with Crippen molar-refractivity contribution in [3.8, 4) is 23.6 Å². The van der Waals surface area contributed by atoms with Crippen LogP contribution in [0.5, 0.6) is 11.5 Å². The minimum absolute atomic E-state index is 0.0722. The number of aliphatic hydroxyl groups excluding tert-OH is 1. The number of aliphatic hydroxyl groups is 1. The van der Waals surface area contributed by atoms with Crippen molar-refractivity contribution < 1.29 is 14.6 Å². The highest BCUT2D eigenvalue weighted by molar-refractivity contribution is 6.35. The predicted molar refractivity (Wildman–Crippen MR) is 126 cm³/mol. The van der Waals surface area contributed by atoms with Gasteiger partial charge in [0.2, 0.25) is 0 Å². The van der Waals surface area contributed by atoms with Gasteiger partial charge >= 0.3 is 0 Å². The van der Waals surface area contributed by atoms with Gasteiger partial charge in [-0.1, -0.05) is 35.3 Å². The number of ether oxygens (including phenoxy) is 2. The summed E-state index contributed by atoms with van der Waals surface area (Å²) >= 11 is 12.1. The first-order valence-corrected chi connectivity index (χ1v) is 10.4. The Balaban J connectivity index is 1.90. The van der Waals surface area contributed by atoms with Crippen molar-refractivity contribution in [1.82, 2.24) is 9.78 Å². The van der Waals surface area contributed by atoms with Gasteiger partial charge in [-0.05, 0) is 35.9 Å². The van der Waals surface area contributed by atoms with Gasteiger partial charge in [-0.2, -0.15) is 15.6 Å². The minimum Gasteiger partial charge on any atom is -0.493 e. The standard InChI is InChI=1S/C23H19Cl2N5O3/c1-32-21-9-14(2-5-20(21)33-13-15-3-4-17(24)10-19(15)25)8-16(11-26)22-18(12-27)23(28)30(29-22)6-7-31/h2-5,8-10,31H,6-7,13,28H2,1H3/b16-8+. The van der Waals surface area contributed by atoms with E-state index >= 15 is 0 Å². The summed E-state index contributed by atoms with van der Waals surface area (Å²) in [4.78, 5) is 0. The van der Waals surface area contributed by atoms with Crippen LogP contribution in [0.1, 0.15) is 22.4 Å². The van der Waals surface area contributed by atoms with Crippen LogP contribution in [-0.4, -0.2) is 28.6 Å². The Labute approximate surface area is 200 Å². The van der Waals surface area contributed by atoms with E-state index in [4.69, 9.17) is 43.5 Å². The number of halogens is 2. The SMILES string of the molecule is COc1cc(/C=C(\C#N)c2nn(CCO)c(N)c2C#N)ccc1OCc1ccc(Cl)cc1Cl. The largest absolute Gasteiger partial charge is 0.493 e. The van der Waals surface area contributed by atoms with Crippen molar-refractivity contribution in [2.45, 2.75) is 13.2 Å². The molecule has 0 radical (unpaired) electrons. The van der Waals surface area contributed by atoms with Crippen LogP contribution in [0.3, 0.4) is 0 Å². The van der Waals surface area contributed by atoms with Crippen LogP contribution < -0.4 is 15.2 Å². The Hall–Kier alpha value is -3.69. The van der Waals surface area contributed by atoms with Gasteiger partial charge in [0, 0.05) is 15.6 Å². The minimum atomic E-state index is -0.207. The number of nitrogens with two attached hydrogens (primary N) is 1. The van der Waals surface area contributed by atoms with E-state index in [9.17, 15) is 10.5 Å². The summed E-state index contributed by atoms with van der Waals surface area (Å²) in [6, 6.07) is 14.3. The zero-order valence-electron chi connectivity index (χ0n) is 17.5. The maximum Gasteiger partial charge on any atom is 0.161 e. The summed E-state index contributed by atoms with van der Waals surface area (Å²) in [6.45, 7) is 0.108. The third-order valence-electron chi connectivity index (χ3n) is 4.69. The molecule has 3 aromatic rings. The Morgan fingerprint density at radius 3 is 2.64 bits per heavy atom. The van der Waals surface area contributed by atoms with Crippen LogP contribution in [-0.2, 0) is 13.2 Å². The summed E-state index contributed by atoms with van der Waals surface area (Å²) in [6.07, 6.45) is 1.56. The maximum absolute atomic E-state index is 9.68. The molecule has 0 bridgehead atoms. The first kappa shape index (κ1) is 24.0. The molecule has 0 unspecified atom stereocenters. The van der Waals surface area contributed by atoms with E-state index in [0.29, 0.717) is 27.1 Å². The number of nitrogens with zero attached hydrogens (tertiary/aromatic N) is 4. The second-order valence-electron chi connectivity index (χ2n) is 6.77. The van der Waals surface area contributed by atoms with E-state index in [-0.39, 0.29) is 42.4 Å². The highest BCUT2D eigenvalue weighted by Gasteiger charge is 2.19. The van der Waals surface area contributed by atoms with Crippen molar-refractivity contribution in [2.24, 2.45) is 0 Å². The number of anilines is 1. The fraction of sp³-hybridized carbons (Fsp3) is 0.174. The number of hydrogen-bond donors (Lipinski definition) is 2. The van der Waals surface area contributed by atoms with E-state index in [1.54, 1.807) is 42.5 Å². The molecule has 10 heteroatoms. The van der Waals surface area contributed by atoms with Gasteiger partial charge in [-0.25, -0.2) is 4.68 Å². The molecule has 3 N–H and O–H groups in total. The number of methoxy groups -OCH3 is 1. The average Bonchev–Trinajstić information content (AvgIpc) is 3.12. The summed E-state index contributed by atoms with van der Waals surface area (Å²) in [7, 11) is 1.50. The Morgan fingerprint density at radius 2 is 2.00 bits per heavy atom. The molecule has 33 heavy (non-hydrogen) atoms. The molecule has 0 aliphatic rings. The van der Waals surface area contributed by atoms with Crippen molar-refractivity contribution in [3.05, 3.63) is 68.8 Å². The lowest BCUT2D eigenvalue weighted by atomic mass is 10.1. The van der Waals surface area contributed by atoms with Gasteiger partial charge in [0.1, 0.15) is 35.8 Å². The van der Waals surface area contributed by atoms with E-state index < -0.39 is 0 Å². The molecule has 0 atom stereocenters. The van der Waals surface area contributed by atoms with Crippen LogP contribution in [0.2, 0.25) is 10.0 Å². The van der Waals surface area contributed by atoms with Crippen LogP contribution in [0.4, 0.5) is 5.82 Å². The van der Waals surface area contributed by atoms with Crippen LogP contribution in [0, 0.1) is 22.7 Å². The molecule has 8 nitrogen and oxygen atoms in total. The van der Waals surface area contributed by atoms with E-state index in [1.165, 1.54) is 11.8 Å². The number of nitrogen functional groups attached to an aromatic ring is 1. The Morgan fingerprint density at radius 1 is 1.21 bits per heavy atom. The van der Waals surface area contributed by atoms with Gasteiger partial charge in [-0.3, -0.25) is 0 Å². The number of hydrogen-bond acceptors (Lipinski definition) is 7. The molecule has 0 saturated heterocycles. The van der Waals surface area contributed by atoms with Crippen molar-refractivity contribution in [1.29, 1.82) is 10.5 Å². The topological polar surface area (TPSA) is 130 Å². The molecule has 1 aromatic heterocycles. The molecule has 0 saturated carbocycles. The molecule has 1 heterocycles. The normalized spacial score (nSPS) is 11.0. The summed E-state index contributed by atoms with van der Waals surface area (Å²) in [5, 5.41) is 33.5. The van der Waals surface area contributed by atoms with Gasteiger partial charge in [0.25, 0.3) is 0 Å². The number of nitriles is 2. The smallest absolute Gasteiger partial charge is 0.161 e. The molecular formula is C23H19Cl2N5O3. The fourth-order valence-corrected chi connectivity index (χ4v) is 3.51. The van der Waals surface area contributed by atoms with Crippen molar-refractivity contribution in [2.75, 3.05) is 19.5 Å². The van der Waals surface area contributed by atoms with Crippen LogP contribution in [0.25, 0.3) is 11.6 Å². The van der Waals surface area contributed by atoms with Crippen LogP contribution >= 0.6 is 23.2 Å². The fourth-order valence-electron chi connectivity index (χ4n) is 3.05. The molecular weight excluding hydrogens is 465 g/mol. The molecule has 0 spiro atoms. The highest BCUT2D eigenvalue weighted by Crippen LogP contribution is 2.32. The molecule has 0 amide bonds. The van der Waals surface area contributed by atoms with E-state index in [1.807, 2.05) is 6.07 Å². The third-order valence-corrected chi connectivity index (χ3v) is 5.27. The van der Waals surface area contributed by atoms with Crippen molar-refractivity contribution in [3.63, 3.8) is 0 Å². The summed E-state index contributed by atoms with van der Waals surface area (Å²) in [5.74, 6) is 1.01. The van der Waals surface area contributed by atoms with E-state index in [2.05, 4.69) is 11.2 Å². The monoisotopic (exact) mass is 483 g/mol. The first-order valence-electron chi connectivity index (χ1n) is 9.66. The quantitative estimate of drug-likeness (QED) is 0.456. The summed E-state index contributed by atoms with van der Waals surface area (Å²) < 4.78 is 12.6. The predicted octanol–water partition coefficient (Wildman–Crippen LogP) is 4.29. The van der Waals surface area contributed by atoms with E-state index in [0.717, 1.165) is 5.56 Å². The third kappa shape index (κ3) is 5.39. The molecule has 0 aliphatic heterocycles. The van der Waals surface area contributed by atoms with Gasteiger partial charge in [-0.15, -0.1) is 0 Å². The number of allylic oxidation sites excluding steroid dienone is 1. The van der Waals surface area contributed by atoms with Gasteiger partial charge in [0.05, 0.1) is 25.8 Å². The Kier molecular flexibility index (Phi) is 7.81. The lowest BCUT2D eigenvalue weighted by molar-refractivity contribution is 0.270. The van der Waals surface area contributed by atoms with Crippen molar-refractivity contribution >= 4 is 40.7 Å². The van der Waals surface area contributed by atoms with Crippen LogP contribution in [0.15, 0.2) is 36.4 Å². The first-order chi connectivity index (χ1) is 15.9. The molecule has 0 fully saturated rings. The lowest BCUT2D eigenvalue weighted by Crippen LogP contribution is -2.07. The zero-order chi connectivity index (χ0) is 24.0. The molecule has 168 valence electrons. The maximum atomic E-state index is 9.68. The number of aromatic nitrogens is 2. The Bertz CT molecular complexity index is 1290. The lowest BCUT2D eigenvalue weighted by Gasteiger charge is -2.12. The summed E-state index contributed by atoms with van der Waals surface area (Å²) in [5.41, 5.74) is 7.67. The molecule has 2 aromatic carbocycles. The molecule has 0 aliphatic carbocycles. The number of rotatable bonds is 8. The van der Waals surface area contributed by atoms with Gasteiger partial charge < -0.3 is 20.3 Å². The molecule has 3 rings (SSSR count). The van der Waals surface area contributed by atoms with Gasteiger partial charge in [0.15, 0.2) is 11.5 Å². The second kappa shape index (κ2) is 10.8. The number of benzene rings is 2. The average molecular weight is 484 g/mol. The highest BCUT2D eigenvalue weighted by atomic mass is 35.5. The zero-order valence-corrected chi connectivity index (χ0v) is 19.1. The second-order valence-corrected chi connectivity index (χ2v) is 7.62.